The van der Waals surface area contributed by atoms with Crippen LogP contribution in [0.4, 0.5) is 5.69 Å². The fraction of sp³-hybridized carbons (Fsp3) is 0.111. The number of rotatable bonds is 6. The molecule has 0 saturated carbocycles. The normalized spacial score (nSPS) is 10.9. The van der Waals surface area contributed by atoms with Crippen LogP contribution in [0.25, 0.3) is 0 Å². The molecule has 4 nitrogen and oxygen atoms in total. The van der Waals surface area contributed by atoms with Gasteiger partial charge in [-0.25, -0.2) is 0 Å². The summed E-state index contributed by atoms with van der Waals surface area (Å²) < 4.78 is 1.01. The average molecular weight is 439 g/mol. The van der Waals surface area contributed by atoms with Crippen LogP contribution >= 0.6 is 39.1 Å². The van der Waals surface area contributed by atoms with Crippen molar-refractivity contribution in [2.75, 3.05) is 11.9 Å². The minimum atomic E-state index is -0.540. The molecule has 2 rings (SSSR count). The molecule has 0 saturated heterocycles. The second kappa shape index (κ2) is 9.47. The molecule has 0 aliphatic rings. The van der Waals surface area contributed by atoms with Gasteiger partial charge in [-0.05, 0) is 42.3 Å². The van der Waals surface area contributed by atoms with E-state index in [4.69, 9.17) is 28.5 Å². The number of halogens is 3. The first-order valence-corrected chi connectivity index (χ1v) is 8.89. The number of carbonyl (C=O) groups excluding carboxylic acids is 1. The van der Waals surface area contributed by atoms with Crippen LogP contribution < -0.4 is 10.6 Å². The van der Waals surface area contributed by atoms with Gasteiger partial charge in [0.1, 0.15) is 11.6 Å². The van der Waals surface area contributed by atoms with Crippen LogP contribution in [-0.2, 0) is 11.2 Å². The van der Waals surface area contributed by atoms with Gasteiger partial charge in [0.15, 0.2) is 0 Å². The lowest BCUT2D eigenvalue weighted by molar-refractivity contribution is -0.112. The standard InChI is InChI=1S/C18H14BrCl2N3O/c19-14-3-1-2-12(8-14)6-7-23-11-13(10-22)18(25)24-17-5-4-15(20)9-16(17)21/h1-5,8-9,11,23H,6-7H2,(H,24,25)/b13-11-. The van der Waals surface area contributed by atoms with Crippen molar-refractivity contribution < 1.29 is 4.79 Å². The monoisotopic (exact) mass is 437 g/mol. The quantitative estimate of drug-likeness (QED) is 0.381. The molecule has 0 aliphatic heterocycles. The topological polar surface area (TPSA) is 64.9 Å². The smallest absolute Gasteiger partial charge is 0.267 e. The first-order valence-electron chi connectivity index (χ1n) is 7.34. The molecule has 2 aromatic carbocycles. The van der Waals surface area contributed by atoms with Crippen molar-refractivity contribution in [2.45, 2.75) is 6.42 Å². The van der Waals surface area contributed by atoms with Gasteiger partial charge in [0, 0.05) is 22.2 Å². The van der Waals surface area contributed by atoms with E-state index in [1.807, 2.05) is 30.3 Å². The van der Waals surface area contributed by atoms with Crippen molar-refractivity contribution in [3.63, 3.8) is 0 Å². The summed E-state index contributed by atoms with van der Waals surface area (Å²) in [6.07, 6.45) is 2.16. The molecule has 2 aromatic rings. The largest absolute Gasteiger partial charge is 0.389 e. The van der Waals surface area contributed by atoms with Crippen molar-refractivity contribution in [1.29, 1.82) is 5.26 Å². The maximum Gasteiger partial charge on any atom is 0.267 e. The van der Waals surface area contributed by atoms with Gasteiger partial charge in [0.05, 0.1) is 10.7 Å². The van der Waals surface area contributed by atoms with E-state index in [0.717, 1.165) is 16.5 Å². The van der Waals surface area contributed by atoms with E-state index in [-0.39, 0.29) is 5.57 Å². The van der Waals surface area contributed by atoms with Gasteiger partial charge in [-0.3, -0.25) is 4.79 Å². The fourth-order valence-corrected chi connectivity index (χ4v) is 2.91. The van der Waals surface area contributed by atoms with Gasteiger partial charge in [0.25, 0.3) is 5.91 Å². The summed E-state index contributed by atoms with van der Waals surface area (Å²) in [6.45, 7) is 0.594. The number of benzene rings is 2. The molecule has 7 heteroatoms. The van der Waals surface area contributed by atoms with Crippen LogP contribution in [0.2, 0.25) is 10.0 Å². The molecule has 0 fully saturated rings. The number of carbonyl (C=O) groups is 1. The molecule has 1 amide bonds. The minimum Gasteiger partial charge on any atom is -0.389 e. The summed E-state index contributed by atoms with van der Waals surface area (Å²) in [5, 5.41) is 15.5. The third kappa shape index (κ3) is 6.09. The van der Waals surface area contributed by atoms with E-state index in [1.165, 1.54) is 12.3 Å². The van der Waals surface area contributed by atoms with E-state index >= 15 is 0 Å². The van der Waals surface area contributed by atoms with Crippen LogP contribution in [0.15, 0.2) is 58.7 Å². The van der Waals surface area contributed by atoms with Gasteiger partial charge in [-0.2, -0.15) is 5.26 Å². The number of hydrogen-bond acceptors (Lipinski definition) is 3. The zero-order valence-electron chi connectivity index (χ0n) is 13.0. The second-order valence-corrected chi connectivity index (χ2v) is 6.84. The first kappa shape index (κ1) is 19.3. The average Bonchev–Trinajstić information content (AvgIpc) is 2.57. The minimum absolute atomic E-state index is 0.0414. The molecule has 2 N–H and O–H groups in total. The molecular formula is C18H14BrCl2N3O. The number of hydrogen-bond donors (Lipinski definition) is 2. The highest BCUT2D eigenvalue weighted by atomic mass is 79.9. The van der Waals surface area contributed by atoms with Gasteiger partial charge in [0.2, 0.25) is 0 Å². The van der Waals surface area contributed by atoms with Crippen molar-refractivity contribution in [3.05, 3.63) is 74.3 Å². The number of nitriles is 1. The Bertz CT molecular complexity index is 846. The van der Waals surface area contributed by atoms with Crippen LogP contribution in [-0.4, -0.2) is 12.5 Å². The molecule has 0 aromatic heterocycles. The van der Waals surface area contributed by atoms with Gasteiger partial charge < -0.3 is 10.6 Å². The maximum absolute atomic E-state index is 12.1. The molecule has 0 bridgehead atoms. The van der Waals surface area contributed by atoms with Crippen molar-refractivity contribution in [2.24, 2.45) is 0 Å². The number of nitrogens with zero attached hydrogens (tertiary/aromatic N) is 1. The molecule has 128 valence electrons. The van der Waals surface area contributed by atoms with Crippen molar-refractivity contribution in [1.82, 2.24) is 5.32 Å². The summed E-state index contributed by atoms with van der Waals surface area (Å²) in [6, 6.07) is 14.5. The van der Waals surface area contributed by atoms with Crippen LogP contribution in [0.5, 0.6) is 0 Å². The Balaban J connectivity index is 1.92. The van der Waals surface area contributed by atoms with E-state index in [2.05, 4.69) is 26.6 Å². The Hall–Kier alpha value is -2.00. The second-order valence-electron chi connectivity index (χ2n) is 5.08. The molecule has 0 radical (unpaired) electrons. The summed E-state index contributed by atoms with van der Waals surface area (Å²) in [5.74, 6) is -0.540. The number of nitrogens with one attached hydrogen (secondary N) is 2. The Morgan fingerprint density at radius 3 is 2.72 bits per heavy atom. The van der Waals surface area contributed by atoms with E-state index < -0.39 is 5.91 Å². The van der Waals surface area contributed by atoms with Crippen molar-refractivity contribution in [3.8, 4) is 6.07 Å². The van der Waals surface area contributed by atoms with Crippen LogP contribution in [0, 0.1) is 11.3 Å². The van der Waals surface area contributed by atoms with Crippen LogP contribution in [0.1, 0.15) is 5.56 Å². The van der Waals surface area contributed by atoms with Crippen molar-refractivity contribution >= 4 is 50.7 Å². The Morgan fingerprint density at radius 1 is 1.24 bits per heavy atom. The summed E-state index contributed by atoms with van der Waals surface area (Å²) in [5.41, 5.74) is 1.50. The third-order valence-electron chi connectivity index (χ3n) is 3.24. The summed E-state index contributed by atoms with van der Waals surface area (Å²) in [4.78, 5) is 12.1. The fourth-order valence-electron chi connectivity index (χ4n) is 2.01. The van der Waals surface area contributed by atoms with E-state index in [0.29, 0.717) is 22.3 Å². The van der Waals surface area contributed by atoms with E-state index in [9.17, 15) is 4.79 Å². The highest BCUT2D eigenvalue weighted by molar-refractivity contribution is 9.10. The third-order valence-corrected chi connectivity index (χ3v) is 4.28. The molecule has 0 atom stereocenters. The summed E-state index contributed by atoms with van der Waals surface area (Å²) in [7, 11) is 0. The lowest BCUT2D eigenvalue weighted by Gasteiger charge is -2.07. The number of anilines is 1. The lowest BCUT2D eigenvalue weighted by atomic mass is 10.1. The molecule has 0 spiro atoms. The predicted octanol–water partition coefficient (Wildman–Crippen LogP) is 4.93. The highest BCUT2D eigenvalue weighted by Gasteiger charge is 2.11. The zero-order valence-corrected chi connectivity index (χ0v) is 16.1. The molecule has 0 aliphatic carbocycles. The predicted molar refractivity (Wildman–Crippen MR) is 105 cm³/mol. The van der Waals surface area contributed by atoms with Crippen LogP contribution in [0.3, 0.4) is 0 Å². The van der Waals surface area contributed by atoms with Gasteiger partial charge in [-0.15, -0.1) is 0 Å². The summed E-state index contributed by atoms with van der Waals surface area (Å²) >= 11 is 15.2. The van der Waals surface area contributed by atoms with Gasteiger partial charge >= 0.3 is 0 Å². The lowest BCUT2D eigenvalue weighted by Crippen LogP contribution is -2.18. The Kier molecular flexibility index (Phi) is 7.32. The molecule has 0 unspecified atom stereocenters. The molecular weight excluding hydrogens is 425 g/mol. The highest BCUT2D eigenvalue weighted by Crippen LogP contribution is 2.25. The molecule has 25 heavy (non-hydrogen) atoms. The first-order chi connectivity index (χ1) is 12.0. The Morgan fingerprint density at radius 2 is 2.04 bits per heavy atom. The number of amides is 1. The zero-order chi connectivity index (χ0) is 18.2. The maximum atomic E-state index is 12.1. The van der Waals surface area contributed by atoms with E-state index in [1.54, 1.807) is 12.1 Å². The van der Waals surface area contributed by atoms with Gasteiger partial charge in [-0.1, -0.05) is 51.3 Å². The SMILES string of the molecule is N#C/C(=C/NCCc1cccc(Br)c1)C(=O)Nc1ccc(Cl)cc1Cl. The Labute approximate surface area is 164 Å². The molecule has 0 heterocycles.